The number of anilines is 1. The van der Waals surface area contributed by atoms with Crippen molar-refractivity contribution in [2.24, 2.45) is 0 Å². The summed E-state index contributed by atoms with van der Waals surface area (Å²) in [5.74, 6) is 0.335. The second-order valence-corrected chi connectivity index (χ2v) is 4.39. The van der Waals surface area contributed by atoms with Gasteiger partial charge in [0.15, 0.2) is 0 Å². The van der Waals surface area contributed by atoms with Gasteiger partial charge in [0.2, 0.25) is 0 Å². The van der Waals surface area contributed by atoms with Gasteiger partial charge < -0.3 is 15.4 Å². The topological polar surface area (TPSA) is 68.5 Å². The molecular formula is C13H19N3O2. The number of hydrogen-bond donors (Lipinski definition) is 1. The van der Waals surface area contributed by atoms with Crippen LogP contribution in [-0.2, 0) is 4.74 Å². The summed E-state index contributed by atoms with van der Waals surface area (Å²) in [6.45, 7) is 4.17. The molecule has 0 spiro atoms. The van der Waals surface area contributed by atoms with Crippen LogP contribution in [0.4, 0.5) is 5.82 Å². The Morgan fingerprint density at radius 1 is 1.50 bits per heavy atom. The molecule has 18 heavy (non-hydrogen) atoms. The average molecular weight is 249 g/mol. The van der Waals surface area contributed by atoms with E-state index in [1.54, 1.807) is 18.2 Å². The molecule has 1 aliphatic heterocycles. The van der Waals surface area contributed by atoms with E-state index in [1.807, 2.05) is 11.8 Å². The Kier molecular flexibility index (Phi) is 4.15. The van der Waals surface area contributed by atoms with E-state index >= 15 is 0 Å². The van der Waals surface area contributed by atoms with Crippen LogP contribution in [0.1, 0.15) is 30.3 Å². The Morgan fingerprint density at radius 2 is 2.22 bits per heavy atom. The number of nitrogens with two attached hydrogens (primary N) is 1. The molecule has 98 valence electrons. The van der Waals surface area contributed by atoms with Gasteiger partial charge in [0, 0.05) is 19.7 Å². The fraction of sp³-hybridized carbons (Fsp3) is 0.538. The van der Waals surface area contributed by atoms with Crippen LogP contribution in [0.15, 0.2) is 18.2 Å². The summed E-state index contributed by atoms with van der Waals surface area (Å²) in [4.78, 5) is 18.1. The van der Waals surface area contributed by atoms with Gasteiger partial charge in [-0.05, 0) is 31.9 Å². The monoisotopic (exact) mass is 249 g/mol. The van der Waals surface area contributed by atoms with Crippen molar-refractivity contribution in [2.45, 2.75) is 25.9 Å². The standard InChI is InChI=1S/C13H19N3O2/c1-2-18-10-6-8-16(9-7-10)13(17)11-4-3-5-12(14)15-11/h3-5,10H,2,6-9H2,1H3,(H2,14,15). The maximum absolute atomic E-state index is 12.2. The van der Waals surface area contributed by atoms with Crippen molar-refractivity contribution in [3.05, 3.63) is 23.9 Å². The number of nitrogen functional groups attached to an aromatic ring is 1. The number of pyridine rings is 1. The number of likely N-dealkylation sites (tertiary alicyclic amines) is 1. The van der Waals surface area contributed by atoms with Crippen molar-refractivity contribution < 1.29 is 9.53 Å². The van der Waals surface area contributed by atoms with Crippen LogP contribution in [0.3, 0.4) is 0 Å². The molecule has 0 bridgehead atoms. The summed E-state index contributed by atoms with van der Waals surface area (Å²) in [7, 11) is 0. The second kappa shape index (κ2) is 5.82. The molecule has 5 nitrogen and oxygen atoms in total. The minimum atomic E-state index is -0.0442. The first-order valence-corrected chi connectivity index (χ1v) is 6.34. The smallest absolute Gasteiger partial charge is 0.272 e. The average Bonchev–Trinajstić information content (AvgIpc) is 2.39. The van der Waals surface area contributed by atoms with E-state index in [2.05, 4.69) is 4.98 Å². The zero-order valence-electron chi connectivity index (χ0n) is 10.6. The summed E-state index contributed by atoms with van der Waals surface area (Å²) in [5.41, 5.74) is 6.01. The summed E-state index contributed by atoms with van der Waals surface area (Å²) < 4.78 is 5.56. The lowest BCUT2D eigenvalue weighted by Crippen LogP contribution is -2.41. The minimum Gasteiger partial charge on any atom is -0.384 e. The van der Waals surface area contributed by atoms with Gasteiger partial charge in [0.1, 0.15) is 11.5 Å². The van der Waals surface area contributed by atoms with Crippen LogP contribution in [-0.4, -0.2) is 41.6 Å². The van der Waals surface area contributed by atoms with Crippen LogP contribution in [0, 0.1) is 0 Å². The number of hydrogen-bond acceptors (Lipinski definition) is 4. The number of rotatable bonds is 3. The van der Waals surface area contributed by atoms with Crippen molar-refractivity contribution in [3.63, 3.8) is 0 Å². The third-order valence-corrected chi connectivity index (χ3v) is 3.12. The summed E-state index contributed by atoms with van der Waals surface area (Å²) in [5, 5.41) is 0. The number of carbonyl (C=O) groups excluding carboxylic acids is 1. The summed E-state index contributed by atoms with van der Waals surface area (Å²) in [6, 6.07) is 5.13. The molecule has 0 saturated carbocycles. The van der Waals surface area contributed by atoms with E-state index in [1.165, 1.54) is 0 Å². The van der Waals surface area contributed by atoms with Crippen molar-refractivity contribution in [3.8, 4) is 0 Å². The van der Waals surface area contributed by atoms with E-state index in [4.69, 9.17) is 10.5 Å². The second-order valence-electron chi connectivity index (χ2n) is 4.39. The molecule has 0 unspecified atom stereocenters. The molecule has 1 saturated heterocycles. The predicted octanol–water partition coefficient (Wildman–Crippen LogP) is 1.30. The van der Waals surface area contributed by atoms with Gasteiger partial charge in [-0.15, -0.1) is 0 Å². The molecule has 0 aromatic carbocycles. The van der Waals surface area contributed by atoms with E-state index in [-0.39, 0.29) is 12.0 Å². The first-order chi connectivity index (χ1) is 8.70. The molecule has 0 aliphatic carbocycles. The van der Waals surface area contributed by atoms with Crippen LogP contribution in [0.5, 0.6) is 0 Å². The number of carbonyl (C=O) groups is 1. The molecule has 1 amide bonds. The van der Waals surface area contributed by atoms with Gasteiger partial charge in [-0.2, -0.15) is 0 Å². The van der Waals surface area contributed by atoms with Gasteiger partial charge in [0.25, 0.3) is 5.91 Å². The molecule has 1 aromatic rings. The Hall–Kier alpha value is -1.62. The third-order valence-electron chi connectivity index (χ3n) is 3.12. The van der Waals surface area contributed by atoms with Gasteiger partial charge in [-0.25, -0.2) is 4.98 Å². The summed E-state index contributed by atoms with van der Waals surface area (Å²) >= 11 is 0. The number of ether oxygens (including phenoxy) is 1. The third kappa shape index (κ3) is 2.98. The molecular weight excluding hydrogens is 230 g/mol. The Morgan fingerprint density at radius 3 is 2.83 bits per heavy atom. The van der Waals surface area contributed by atoms with Crippen molar-refractivity contribution in [2.75, 3.05) is 25.4 Å². The van der Waals surface area contributed by atoms with E-state index in [0.29, 0.717) is 11.5 Å². The Bertz CT molecular complexity index is 414. The lowest BCUT2D eigenvalue weighted by molar-refractivity contribution is 0.0144. The molecule has 2 N–H and O–H groups in total. The lowest BCUT2D eigenvalue weighted by atomic mass is 10.1. The van der Waals surface area contributed by atoms with Crippen LogP contribution in [0.25, 0.3) is 0 Å². The first kappa shape index (κ1) is 12.8. The SMILES string of the molecule is CCOC1CCN(C(=O)c2cccc(N)n2)CC1. The molecule has 1 aromatic heterocycles. The van der Waals surface area contributed by atoms with E-state index in [9.17, 15) is 4.79 Å². The van der Waals surface area contributed by atoms with Crippen molar-refractivity contribution in [1.29, 1.82) is 0 Å². The van der Waals surface area contributed by atoms with Crippen LogP contribution < -0.4 is 5.73 Å². The first-order valence-electron chi connectivity index (χ1n) is 6.34. The van der Waals surface area contributed by atoms with Gasteiger partial charge >= 0.3 is 0 Å². The molecule has 1 fully saturated rings. The molecule has 2 heterocycles. The fourth-order valence-corrected chi connectivity index (χ4v) is 2.19. The van der Waals surface area contributed by atoms with Gasteiger partial charge in [-0.3, -0.25) is 4.79 Å². The van der Waals surface area contributed by atoms with E-state index in [0.717, 1.165) is 32.5 Å². The Balaban J connectivity index is 1.95. The van der Waals surface area contributed by atoms with Crippen molar-refractivity contribution in [1.82, 2.24) is 9.88 Å². The molecule has 0 atom stereocenters. The number of amides is 1. The molecule has 2 rings (SSSR count). The zero-order valence-corrected chi connectivity index (χ0v) is 10.6. The summed E-state index contributed by atoms with van der Waals surface area (Å²) in [6.07, 6.45) is 2.07. The van der Waals surface area contributed by atoms with Crippen molar-refractivity contribution >= 4 is 11.7 Å². The highest BCUT2D eigenvalue weighted by molar-refractivity contribution is 5.92. The molecule has 0 radical (unpaired) electrons. The number of piperidine rings is 1. The predicted molar refractivity (Wildman–Crippen MR) is 69.2 cm³/mol. The quantitative estimate of drug-likeness (QED) is 0.876. The molecule has 5 heteroatoms. The highest BCUT2D eigenvalue weighted by atomic mass is 16.5. The fourth-order valence-electron chi connectivity index (χ4n) is 2.19. The number of aromatic nitrogens is 1. The maximum atomic E-state index is 12.2. The lowest BCUT2D eigenvalue weighted by Gasteiger charge is -2.31. The maximum Gasteiger partial charge on any atom is 0.272 e. The van der Waals surface area contributed by atoms with Gasteiger partial charge in [-0.1, -0.05) is 6.07 Å². The highest BCUT2D eigenvalue weighted by Gasteiger charge is 2.24. The van der Waals surface area contributed by atoms with Crippen LogP contribution in [0.2, 0.25) is 0 Å². The largest absolute Gasteiger partial charge is 0.384 e. The minimum absolute atomic E-state index is 0.0442. The van der Waals surface area contributed by atoms with Gasteiger partial charge in [0.05, 0.1) is 6.10 Å². The highest BCUT2D eigenvalue weighted by Crippen LogP contribution is 2.16. The van der Waals surface area contributed by atoms with E-state index < -0.39 is 0 Å². The Labute approximate surface area is 107 Å². The van der Waals surface area contributed by atoms with Crippen LogP contribution >= 0.6 is 0 Å². The molecule has 1 aliphatic rings. The normalized spacial score (nSPS) is 16.8. The zero-order chi connectivity index (χ0) is 13.0. The number of nitrogens with zero attached hydrogens (tertiary/aromatic N) is 2.